The fourth-order valence-electron chi connectivity index (χ4n) is 1.04. The SMILES string of the molecule is CC[N+]#Cc1ccc(NCC)cc1. The normalized spacial score (nSPS) is 8.77. The van der Waals surface area contributed by atoms with Crippen molar-refractivity contribution in [2.45, 2.75) is 13.8 Å². The molecule has 1 rings (SSSR count). The minimum absolute atomic E-state index is 0.787. The van der Waals surface area contributed by atoms with Crippen LogP contribution in [0.4, 0.5) is 5.69 Å². The molecule has 0 amide bonds. The quantitative estimate of drug-likeness (QED) is 0.731. The third-order valence-electron chi connectivity index (χ3n) is 1.63. The van der Waals surface area contributed by atoms with Crippen LogP contribution in [0.25, 0.3) is 4.85 Å². The third-order valence-corrected chi connectivity index (χ3v) is 1.63. The van der Waals surface area contributed by atoms with Crippen molar-refractivity contribution in [3.05, 3.63) is 34.7 Å². The Morgan fingerprint density at radius 1 is 1.23 bits per heavy atom. The second kappa shape index (κ2) is 5.21. The van der Waals surface area contributed by atoms with E-state index in [4.69, 9.17) is 0 Å². The van der Waals surface area contributed by atoms with Crippen molar-refractivity contribution in [1.82, 2.24) is 0 Å². The zero-order valence-electron chi connectivity index (χ0n) is 8.17. The molecule has 0 unspecified atom stereocenters. The fourth-order valence-corrected chi connectivity index (χ4v) is 1.04. The molecule has 1 aromatic rings. The van der Waals surface area contributed by atoms with Crippen LogP contribution in [-0.4, -0.2) is 13.1 Å². The van der Waals surface area contributed by atoms with Crippen LogP contribution in [0.2, 0.25) is 0 Å². The van der Waals surface area contributed by atoms with Gasteiger partial charge in [0.25, 0.3) is 6.54 Å². The van der Waals surface area contributed by atoms with Crippen molar-refractivity contribution < 1.29 is 0 Å². The van der Waals surface area contributed by atoms with Crippen LogP contribution in [0.1, 0.15) is 19.4 Å². The molecule has 0 spiro atoms. The number of nitrogens with zero attached hydrogens (tertiary/aromatic N) is 1. The van der Waals surface area contributed by atoms with E-state index >= 15 is 0 Å². The van der Waals surface area contributed by atoms with E-state index in [1.165, 1.54) is 0 Å². The van der Waals surface area contributed by atoms with Crippen LogP contribution in [0.5, 0.6) is 0 Å². The first-order chi connectivity index (χ1) is 6.36. The summed E-state index contributed by atoms with van der Waals surface area (Å²) >= 11 is 0. The van der Waals surface area contributed by atoms with Crippen molar-refractivity contribution in [2.75, 3.05) is 18.4 Å². The summed E-state index contributed by atoms with van der Waals surface area (Å²) in [7, 11) is 0. The van der Waals surface area contributed by atoms with Crippen LogP contribution < -0.4 is 5.32 Å². The summed E-state index contributed by atoms with van der Waals surface area (Å²) in [5, 5.41) is 3.23. The van der Waals surface area contributed by atoms with Gasteiger partial charge >= 0.3 is 6.07 Å². The Kier molecular flexibility index (Phi) is 3.84. The molecule has 0 fully saturated rings. The summed E-state index contributed by atoms with van der Waals surface area (Å²) in [5.41, 5.74) is 2.17. The second-order valence-electron chi connectivity index (χ2n) is 2.69. The number of rotatable bonds is 2. The molecule has 0 aliphatic carbocycles. The van der Waals surface area contributed by atoms with Crippen LogP contribution >= 0.6 is 0 Å². The van der Waals surface area contributed by atoms with Gasteiger partial charge < -0.3 is 5.32 Å². The Morgan fingerprint density at radius 3 is 2.46 bits per heavy atom. The Hall–Kier alpha value is -1.49. The maximum absolute atomic E-state index is 4.05. The van der Waals surface area contributed by atoms with E-state index < -0.39 is 0 Å². The van der Waals surface area contributed by atoms with Gasteiger partial charge in [0.2, 0.25) is 0 Å². The van der Waals surface area contributed by atoms with E-state index in [0.29, 0.717) is 0 Å². The van der Waals surface area contributed by atoms with Gasteiger partial charge in [-0.2, -0.15) is 0 Å². The lowest BCUT2D eigenvalue weighted by Crippen LogP contribution is -1.95. The molecule has 0 saturated carbocycles. The third kappa shape index (κ3) is 3.16. The monoisotopic (exact) mass is 175 g/mol. The maximum atomic E-state index is 4.05. The van der Waals surface area contributed by atoms with Gasteiger partial charge in [-0.25, -0.2) is 0 Å². The molecule has 0 aliphatic rings. The van der Waals surface area contributed by atoms with Crippen LogP contribution in [0.15, 0.2) is 24.3 Å². The van der Waals surface area contributed by atoms with E-state index in [1.807, 2.05) is 31.2 Å². The van der Waals surface area contributed by atoms with E-state index in [2.05, 4.69) is 23.2 Å². The Labute approximate surface area is 79.4 Å². The molecule has 0 saturated heterocycles. The number of hydrogen-bond donors (Lipinski definition) is 1. The van der Waals surface area contributed by atoms with Crippen molar-refractivity contribution in [3.63, 3.8) is 0 Å². The molecule has 0 bridgehead atoms. The fraction of sp³-hybridized carbons (Fsp3) is 0.364. The standard InChI is InChI=1S/C11H14N2/c1-3-12-9-10-5-7-11(8-6-10)13-4-2/h5-8H,3-4H2,1-2H3/p+1. The lowest BCUT2D eigenvalue weighted by atomic mass is 10.2. The van der Waals surface area contributed by atoms with Crippen molar-refractivity contribution >= 4 is 5.69 Å². The van der Waals surface area contributed by atoms with E-state index in [0.717, 1.165) is 24.3 Å². The molecule has 68 valence electrons. The molecule has 0 aliphatic heterocycles. The Balaban J connectivity index is 2.69. The largest absolute Gasteiger partial charge is 0.385 e. The summed E-state index contributed by atoms with van der Waals surface area (Å²) in [4.78, 5) is 4.05. The number of anilines is 1. The summed E-state index contributed by atoms with van der Waals surface area (Å²) in [6.07, 6.45) is 0. The molecule has 2 heteroatoms. The van der Waals surface area contributed by atoms with E-state index in [-0.39, 0.29) is 0 Å². The average molecular weight is 175 g/mol. The van der Waals surface area contributed by atoms with Gasteiger partial charge in [-0.1, -0.05) is 4.85 Å². The summed E-state index contributed by atoms with van der Waals surface area (Å²) in [6, 6.07) is 11.1. The van der Waals surface area contributed by atoms with E-state index in [1.54, 1.807) is 0 Å². The average Bonchev–Trinajstić information content (AvgIpc) is 2.17. The first-order valence-electron chi connectivity index (χ1n) is 4.63. The predicted octanol–water partition coefficient (Wildman–Crippen LogP) is 2.82. The van der Waals surface area contributed by atoms with Crippen LogP contribution in [-0.2, 0) is 0 Å². The van der Waals surface area contributed by atoms with Gasteiger partial charge in [-0.05, 0) is 31.2 Å². The Morgan fingerprint density at radius 2 is 1.92 bits per heavy atom. The molecular formula is C11H15N2+. The maximum Gasteiger partial charge on any atom is 0.311 e. The second-order valence-corrected chi connectivity index (χ2v) is 2.69. The molecular weight excluding hydrogens is 160 g/mol. The van der Waals surface area contributed by atoms with Gasteiger partial charge in [0, 0.05) is 19.2 Å². The molecule has 1 N–H and O–H groups in total. The van der Waals surface area contributed by atoms with Crippen molar-refractivity contribution in [1.29, 1.82) is 0 Å². The minimum Gasteiger partial charge on any atom is -0.385 e. The Bertz CT molecular complexity index is 303. The van der Waals surface area contributed by atoms with Gasteiger partial charge in [-0.15, -0.1) is 0 Å². The van der Waals surface area contributed by atoms with Crippen molar-refractivity contribution in [3.8, 4) is 6.07 Å². The smallest absolute Gasteiger partial charge is 0.311 e. The van der Waals surface area contributed by atoms with Crippen LogP contribution in [0.3, 0.4) is 0 Å². The molecule has 0 atom stereocenters. The molecule has 13 heavy (non-hydrogen) atoms. The highest BCUT2D eigenvalue weighted by Gasteiger charge is 1.94. The molecule has 2 nitrogen and oxygen atoms in total. The van der Waals surface area contributed by atoms with Gasteiger partial charge in [-0.3, -0.25) is 0 Å². The molecule has 0 aromatic heterocycles. The molecule has 0 radical (unpaired) electrons. The number of nitrogens with one attached hydrogen (secondary N) is 1. The summed E-state index contributed by atoms with van der Waals surface area (Å²) in [6.45, 7) is 5.82. The molecule has 0 heterocycles. The highest BCUT2D eigenvalue weighted by atomic mass is 14.8. The van der Waals surface area contributed by atoms with Gasteiger partial charge in [0.15, 0.2) is 0 Å². The van der Waals surface area contributed by atoms with Gasteiger partial charge in [0.05, 0.1) is 0 Å². The number of hydrogen-bond acceptors (Lipinski definition) is 1. The minimum atomic E-state index is 0.787. The van der Waals surface area contributed by atoms with Crippen LogP contribution in [0, 0.1) is 6.07 Å². The van der Waals surface area contributed by atoms with E-state index in [9.17, 15) is 0 Å². The summed E-state index contributed by atoms with van der Waals surface area (Å²) < 4.78 is 0. The first kappa shape index (κ1) is 9.60. The first-order valence-corrected chi connectivity index (χ1v) is 4.63. The predicted molar refractivity (Wildman–Crippen MR) is 57.5 cm³/mol. The highest BCUT2D eigenvalue weighted by Crippen LogP contribution is 2.07. The lowest BCUT2D eigenvalue weighted by Gasteiger charge is -2.00. The zero-order chi connectivity index (χ0) is 9.52. The lowest BCUT2D eigenvalue weighted by molar-refractivity contribution is 1.21. The zero-order valence-corrected chi connectivity index (χ0v) is 8.17. The summed E-state index contributed by atoms with van der Waals surface area (Å²) in [5.74, 6) is 0. The number of benzene rings is 1. The van der Waals surface area contributed by atoms with Crippen molar-refractivity contribution in [2.24, 2.45) is 0 Å². The van der Waals surface area contributed by atoms with Gasteiger partial charge in [0.1, 0.15) is 5.56 Å². The topological polar surface area (TPSA) is 16.4 Å². The highest BCUT2D eigenvalue weighted by molar-refractivity contribution is 5.47. The molecule has 1 aromatic carbocycles.